The van der Waals surface area contributed by atoms with E-state index in [0.717, 1.165) is 17.5 Å². The zero-order valence-corrected chi connectivity index (χ0v) is 14.2. The second kappa shape index (κ2) is 5.14. The Hall–Kier alpha value is -1.73. The number of rotatable bonds is 3. The van der Waals surface area contributed by atoms with Crippen molar-refractivity contribution in [3.63, 3.8) is 0 Å². The summed E-state index contributed by atoms with van der Waals surface area (Å²) in [7, 11) is -3.24. The van der Waals surface area contributed by atoms with Gasteiger partial charge in [0.2, 0.25) is 5.91 Å². The van der Waals surface area contributed by atoms with Crippen molar-refractivity contribution in [3.05, 3.63) is 30.4 Å². The maximum Gasteiger partial charge on any atom is 0.229 e. The summed E-state index contributed by atoms with van der Waals surface area (Å²) in [6, 6.07) is 4.83. The fourth-order valence-electron chi connectivity index (χ4n) is 3.47. The van der Waals surface area contributed by atoms with E-state index in [1.807, 2.05) is 0 Å². The molecule has 5 nitrogen and oxygen atoms in total. The lowest BCUT2D eigenvalue weighted by Crippen LogP contribution is -2.25. The number of fused-ring (bicyclic) bond motifs is 3. The van der Waals surface area contributed by atoms with E-state index in [4.69, 9.17) is 0 Å². The normalized spacial score (nSPS) is 26.0. The number of anilines is 1. The molecule has 23 heavy (non-hydrogen) atoms. The van der Waals surface area contributed by atoms with E-state index in [2.05, 4.69) is 22.5 Å². The van der Waals surface area contributed by atoms with Gasteiger partial charge < -0.3 is 5.32 Å². The summed E-state index contributed by atoms with van der Waals surface area (Å²) in [5.41, 5.74) is 0.700. The van der Waals surface area contributed by atoms with Crippen molar-refractivity contribution in [2.75, 3.05) is 11.6 Å². The standard InChI is InChI=1S/C16H16N2O3S2/c1-23(20,21)11-4-5-13-14(8-11)22-16(17-13)18-15(19)12-7-9-2-3-10(12)6-9/h2-5,8-10,12H,6-7H2,1H3,(H,17,18,19). The topological polar surface area (TPSA) is 76.1 Å². The minimum atomic E-state index is -3.24. The minimum Gasteiger partial charge on any atom is -0.302 e. The smallest absolute Gasteiger partial charge is 0.229 e. The fourth-order valence-corrected chi connectivity index (χ4v) is 5.10. The van der Waals surface area contributed by atoms with Crippen LogP contribution in [0.5, 0.6) is 0 Å². The lowest BCUT2D eigenvalue weighted by atomic mass is 9.93. The number of hydrogen-bond donors (Lipinski definition) is 1. The number of carbonyl (C=O) groups excluding carboxylic acids is 1. The van der Waals surface area contributed by atoms with Crippen LogP contribution in [0.3, 0.4) is 0 Å². The second-order valence-corrected chi connectivity index (χ2v) is 9.34. The Bertz CT molecular complexity index is 930. The molecule has 2 aromatic rings. The molecule has 2 aliphatic rings. The first-order valence-corrected chi connectivity index (χ1v) is 10.2. The number of amides is 1. The highest BCUT2D eigenvalue weighted by Gasteiger charge is 2.39. The van der Waals surface area contributed by atoms with Crippen LogP contribution in [0, 0.1) is 17.8 Å². The van der Waals surface area contributed by atoms with Gasteiger partial charge in [0, 0.05) is 12.2 Å². The van der Waals surface area contributed by atoms with Crippen LogP contribution in [0.2, 0.25) is 0 Å². The SMILES string of the molecule is CS(=O)(=O)c1ccc2nc(NC(=O)C3CC4C=CC3C4)sc2c1. The molecule has 0 saturated heterocycles. The average Bonchev–Trinajstić information content (AvgIpc) is 3.19. The molecule has 120 valence electrons. The highest BCUT2D eigenvalue weighted by Crippen LogP contribution is 2.44. The summed E-state index contributed by atoms with van der Waals surface area (Å²) in [5, 5.41) is 3.43. The molecule has 2 aliphatic carbocycles. The Morgan fingerprint density at radius 3 is 2.78 bits per heavy atom. The maximum absolute atomic E-state index is 12.4. The van der Waals surface area contributed by atoms with Crippen LogP contribution in [0.1, 0.15) is 12.8 Å². The van der Waals surface area contributed by atoms with E-state index in [-0.39, 0.29) is 16.7 Å². The number of nitrogens with zero attached hydrogens (tertiary/aromatic N) is 1. The first-order chi connectivity index (χ1) is 10.9. The third-order valence-corrected chi connectivity index (χ3v) is 6.68. The third-order valence-electron chi connectivity index (χ3n) is 4.63. The molecule has 3 unspecified atom stereocenters. The van der Waals surface area contributed by atoms with Gasteiger partial charge in [-0.05, 0) is 42.9 Å². The number of nitrogens with one attached hydrogen (secondary N) is 1. The summed E-state index contributed by atoms with van der Waals surface area (Å²) >= 11 is 1.31. The largest absolute Gasteiger partial charge is 0.302 e. The fraction of sp³-hybridized carbons (Fsp3) is 0.375. The lowest BCUT2D eigenvalue weighted by molar-refractivity contribution is -0.120. The number of hydrogen-bond acceptors (Lipinski definition) is 5. The van der Waals surface area contributed by atoms with Crippen LogP contribution in [-0.4, -0.2) is 25.6 Å². The van der Waals surface area contributed by atoms with Crippen LogP contribution in [0.4, 0.5) is 5.13 Å². The van der Waals surface area contributed by atoms with Gasteiger partial charge in [-0.15, -0.1) is 0 Å². The first kappa shape index (κ1) is 14.8. The van der Waals surface area contributed by atoms with Crippen molar-refractivity contribution in [1.29, 1.82) is 0 Å². The Balaban J connectivity index is 1.57. The molecule has 0 radical (unpaired) electrons. The number of aromatic nitrogens is 1. The van der Waals surface area contributed by atoms with Gasteiger partial charge in [-0.2, -0.15) is 0 Å². The van der Waals surface area contributed by atoms with Crippen LogP contribution in [0.25, 0.3) is 10.2 Å². The monoisotopic (exact) mass is 348 g/mol. The molecule has 7 heteroatoms. The van der Waals surface area contributed by atoms with Gasteiger partial charge in [0.15, 0.2) is 15.0 Å². The predicted molar refractivity (Wildman–Crippen MR) is 90.2 cm³/mol. The van der Waals surface area contributed by atoms with E-state index in [0.29, 0.717) is 22.5 Å². The zero-order valence-electron chi connectivity index (χ0n) is 12.5. The zero-order chi connectivity index (χ0) is 16.2. The van der Waals surface area contributed by atoms with Crippen molar-refractivity contribution >= 4 is 42.4 Å². The number of thiazole rings is 1. The Morgan fingerprint density at radius 1 is 1.30 bits per heavy atom. The highest BCUT2D eigenvalue weighted by molar-refractivity contribution is 7.90. The van der Waals surface area contributed by atoms with Crippen molar-refractivity contribution in [2.24, 2.45) is 17.8 Å². The van der Waals surface area contributed by atoms with Gasteiger partial charge in [0.05, 0.1) is 15.1 Å². The molecular weight excluding hydrogens is 332 g/mol. The number of allylic oxidation sites excluding steroid dienone is 2. The molecule has 1 heterocycles. The Labute approximate surface area is 138 Å². The van der Waals surface area contributed by atoms with Gasteiger partial charge in [0.1, 0.15) is 0 Å². The predicted octanol–water partition coefficient (Wildman–Crippen LogP) is 2.85. The summed E-state index contributed by atoms with van der Waals surface area (Å²) in [4.78, 5) is 17.1. The van der Waals surface area contributed by atoms with Gasteiger partial charge in [-0.1, -0.05) is 23.5 Å². The molecule has 1 fully saturated rings. The van der Waals surface area contributed by atoms with Crippen molar-refractivity contribution < 1.29 is 13.2 Å². The molecule has 1 saturated carbocycles. The van der Waals surface area contributed by atoms with E-state index in [1.165, 1.54) is 17.6 Å². The number of carbonyl (C=O) groups is 1. The average molecular weight is 348 g/mol. The molecule has 1 aromatic heterocycles. The van der Waals surface area contributed by atoms with Gasteiger partial charge >= 0.3 is 0 Å². The van der Waals surface area contributed by atoms with Crippen molar-refractivity contribution in [2.45, 2.75) is 17.7 Å². The molecule has 3 atom stereocenters. The minimum absolute atomic E-state index is 0.0178. The summed E-state index contributed by atoms with van der Waals surface area (Å²) < 4.78 is 24.0. The van der Waals surface area contributed by atoms with Crippen LogP contribution in [0.15, 0.2) is 35.2 Å². The van der Waals surface area contributed by atoms with Gasteiger partial charge in [-0.25, -0.2) is 13.4 Å². The lowest BCUT2D eigenvalue weighted by Gasteiger charge is -2.16. The van der Waals surface area contributed by atoms with Gasteiger partial charge in [-0.3, -0.25) is 4.79 Å². The second-order valence-electron chi connectivity index (χ2n) is 6.30. The van der Waals surface area contributed by atoms with Crippen LogP contribution in [-0.2, 0) is 14.6 Å². The van der Waals surface area contributed by atoms with Crippen LogP contribution >= 0.6 is 11.3 Å². The van der Waals surface area contributed by atoms with Gasteiger partial charge in [0.25, 0.3) is 0 Å². The first-order valence-electron chi connectivity index (χ1n) is 7.50. The van der Waals surface area contributed by atoms with E-state index >= 15 is 0 Å². The molecule has 0 aliphatic heterocycles. The summed E-state index contributed by atoms with van der Waals surface area (Å²) in [6.45, 7) is 0. The quantitative estimate of drug-likeness (QED) is 0.866. The highest BCUT2D eigenvalue weighted by atomic mass is 32.2. The molecule has 2 bridgehead atoms. The maximum atomic E-state index is 12.4. The molecule has 1 amide bonds. The van der Waals surface area contributed by atoms with Crippen molar-refractivity contribution in [3.8, 4) is 0 Å². The molecule has 1 N–H and O–H groups in total. The van der Waals surface area contributed by atoms with Crippen LogP contribution < -0.4 is 5.32 Å². The van der Waals surface area contributed by atoms with Crippen molar-refractivity contribution in [1.82, 2.24) is 4.98 Å². The molecule has 4 rings (SSSR count). The molecule has 1 aromatic carbocycles. The summed E-state index contributed by atoms with van der Waals surface area (Å²) in [6.07, 6.45) is 7.53. The number of benzene rings is 1. The molecule has 0 spiro atoms. The van der Waals surface area contributed by atoms with E-state index < -0.39 is 9.84 Å². The van der Waals surface area contributed by atoms with E-state index in [1.54, 1.807) is 18.2 Å². The summed E-state index contributed by atoms with van der Waals surface area (Å²) in [5.74, 6) is 0.947. The Morgan fingerprint density at radius 2 is 2.13 bits per heavy atom. The third kappa shape index (κ3) is 2.68. The molecular formula is C16H16N2O3S2. The Kier molecular flexibility index (Phi) is 3.32. The van der Waals surface area contributed by atoms with E-state index in [9.17, 15) is 13.2 Å². The number of sulfone groups is 1.